The lowest BCUT2D eigenvalue weighted by molar-refractivity contribution is 0.268. The molecular formula is C26H36Cl2N4O2S. The number of anilines is 2. The van der Waals surface area contributed by atoms with Crippen LogP contribution in [0.25, 0.3) is 0 Å². The van der Waals surface area contributed by atoms with E-state index >= 15 is 0 Å². The summed E-state index contributed by atoms with van der Waals surface area (Å²) in [7, 11) is -3.08. The summed E-state index contributed by atoms with van der Waals surface area (Å²) in [4.78, 5) is 9.16. The molecule has 0 atom stereocenters. The summed E-state index contributed by atoms with van der Waals surface area (Å²) < 4.78 is 25.4. The molecule has 2 heterocycles. The number of aryl methyl sites for hydroxylation is 2. The Balaban J connectivity index is 1.16. The third kappa shape index (κ3) is 7.26. The van der Waals surface area contributed by atoms with E-state index in [9.17, 15) is 8.42 Å². The van der Waals surface area contributed by atoms with E-state index in [0.29, 0.717) is 13.1 Å². The van der Waals surface area contributed by atoms with Crippen LogP contribution in [-0.2, 0) is 9.84 Å². The van der Waals surface area contributed by atoms with Crippen LogP contribution in [0.15, 0.2) is 36.4 Å². The molecule has 0 aliphatic carbocycles. The number of halogens is 2. The standard InChI is InChI=1S/C26H36Cl2N4O2S/c1-21-3-5-23(19-25(21)27)31-11-7-29(8-12-31)15-17-35(33,34)18-16-30-9-13-32(14-10-30)24-6-4-22(2)26(28)20-24/h3-6,19-20H,7-18H2,1-2H3. The lowest BCUT2D eigenvalue weighted by atomic mass is 10.2. The van der Waals surface area contributed by atoms with Gasteiger partial charge < -0.3 is 9.80 Å². The first-order chi connectivity index (χ1) is 16.7. The molecule has 35 heavy (non-hydrogen) atoms. The predicted molar refractivity (Wildman–Crippen MR) is 148 cm³/mol. The number of hydrogen-bond donors (Lipinski definition) is 0. The molecule has 0 spiro atoms. The Bertz CT molecular complexity index is 1030. The van der Waals surface area contributed by atoms with Crippen molar-refractivity contribution in [2.45, 2.75) is 13.8 Å². The van der Waals surface area contributed by atoms with Gasteiger partial charge in [0, 0.05) is 86.9 Å². The number of sulfone groups is 1. The van der Waals surface area contributed by atoms with Gasteiger partial charge in [-0.2, -0.15) is 0 Å². The fourth-order valence-electron chi connectivity index (χ4n) is 4.65. The van der Waals surface area contributed by atoms with E-state index in [0.717, 1.165) is 84.9 Å². The summed E-state index contributed by atoms with van der Waals surface area (Å²) in [5, 5.41) is 1.58. The van der Waals surface area contributed by atoms with E-state index in [2.05, 4.69) is 43.9 Å². The minimum absolute atomic E-state index is 0.227. The molecule has 2 fully saturated rings. The highest BCUT2D eigenvalue weighted by Crippen LogP contribution is 2.25. The fraction of sp³-hybridized carbons (Fsp3) is 0.538. The van der Waals surface area contributed by atoms with Crippen molar-refractivity contribution in [3.63, 3.8) is 0 Å². The molecule has 0 amide bonds. The topological polar surface area (TPSA) is 47.1 Å². The van der Waals surface area contributed by atoms with Crippen molar-refractivity contribution in [2.24, 2.45) is 0 Å². The molecule has 2 aromatic rings. The van der Waals surface area contributed by atoms with Gasteiger partial charge in [-0.1, -0.05) is 35.3 Å². The highest BCUT2D eigenvalue weighted by molar-refractivity contribution is 7.91. The largest absolute Gasteiger partial charge is 0.369 e. The highest BCUT2D eigenvalue weighted by Gasteiger charge is 2.22. The fourth-order valence-corrected chi connectivity index (χ4v) is 6.28. The second-order valence-corrected chi connectivity index (χ2v) is 12.8. The Kier molecular flexibility index (Phi) is 8.87. The van der Waals surface area contributed by atoms with E-state index in [1.54, 1.807) is 0 Å². The first kappa shape index (κ1) is 26.6. The summed E-state index contributed by atoms with van der Waals surface area (Å²) in [6.45, 7) is 12.2. The zero-order valence-corrected chi connectivity index (χ0v) is 23.0. The smallest absolute Gasteiger partial charge is 0.152 e. The predicted octanol–water partition coefficient (Wildman–Crippen LogP) is 3.97. The van der Waals surface area contributed by atoms with Crippen molar-refractivity contribution in [3.05, 3.63) is 57.6 Å². The van der Waals surface area contributed by atoms with Crippen LogP contribution in [0.4, 0.5) is 11.4 Å². The summed E-state index contributed by atoms with van der Waals surface area (Å²) in [5.74, 6) is 0.455. The van der Waals surface area contributed by atoms with Crippen LogP contribution in [-0.4, -0.2) is 95.2 Å². The number of hydrogen-bond acceptors (Lipinski definition) is 6. The van der Waals surface area contributed by atoms with Gasteiger partial charge in [0.15, 0.2) is 9.84 Å². The van der Waals surface area contributed by atoms with Gasteiger partial charge in [-0.25, -0.2) is 8.42 Å². The van der Waals surface area contributed by atoms with Crippen LogP contribution in [0, 0.1) is 13.8 Å². The zero-order chi connectivity index (χ0) is 25.0. The molecule has 0 aromatic heterocycles. The number of piperazine rings is 2. The molecule has 0 bridgehead atoms. The maximum atomic E-state index is 12.7. The van der Waals surface area contributed by atoms with Gasteiger partial charge in [-0.05, 0) is 49.2 Å². The maximum Gasteiger partial charge on any atom is 0.152 e. The molecule has 0 radical (unpaired) electrons. The Morgan fingerprint density at radius 3 is 1.37 bits per heavy atom. The Labute approximate surface area is 220 Å². The maximum absolute atomic E-state index is 12.7. The molecule has 4 rings (SSSR count). The van der Waals surface area contributed by atoms with Crippen LogP contribution in [0.5, 0.6) is 0 Å². The SMILES string of the molecule is Cc1ccc(N2CCN(CCS(=O)(=O)CCN3CCN(c4ccc(C)c(Cl)c4)CC3)CC2)cc1Cl. The van der Waals surface area contributed by atoms with E-state index in [1.807, 2.05) is 26.0 Å². The summed E-state index contributed by atoms with van der Waals surface area (Å²) in [6, 6.07) is 12.4. The van der Waals surface area contributed by atoms with Crippen LogP contribution < -0.4 is 9.80 Å². The third-order valence-electron chi connectivity index (χ3n) is 7.22. The Hall–Kier alpha value is -1.51. The van der Waals surface area contributed by atoms with Crippen molar-refractivity contribution in [2.75, 3.05) is 86.8 Å². The van der Waals surface area contributed by atoms with Crippen molar-refractivity contribution in [3.8, 4) is 0 Å². The van der Waals surface area contributed by atoms with Crippen LogP contribution >= 0.6 is 23.2 Å². The molecule has 2 aromatic carbocycles. The summed E-state index contributed by atoms with van der Waals surface area (Å²) in [5.41, 5.74) is 4.44. The van der Waals surface area contributed by atoms with Crippen molar-refractivity contribution in [1.29, 1.82) is 0 Å². The molecule has 2 aliphatic heterocycles. The van der Waals surface area contributed by atoms with Crippen LogP contribution in [0.1, 0.15) is 11.1 Å². The molecule has 2 saturated heterocycles. The molecule has 0 N–H and O–H groups in total. The first-order valence-electron chi connectivity index (χ1n) is 12.4. The molecule has 2 aliphatic rings. The summed E-state index contributed by atoms with van der Waals surface area (Å²) >= 11 is 12.6. The van der Waals surface area contributed by atoms with Gasteiger partial charge in [0.2, 0.25) is 0 Å². The van der Waals surface area contributed by atoms with Gasteiger partial charge in [-0.3, -0.25) is 9.80 Å². The Morgan fingerprint density at radius 2 is 1.03 bits per heavy atom. The summed E-state index contributed by atoms with van der Waals surface area (Å²) in [6.07, 6.45) is 0. The van der Waals surface area contributed by atoms with Crippen molar-refractivity contribution >= 4 is 44.4 Å². The highest BCUT2D eigenvalue weighted by atomic mass is 35.5. The number of nitrogens with zero attached hydrogens (tertiary/aromatic N) is 4. The number of benzene rings is 2. The lowest BCUT2D eigenvalue weighted by Crippen LogP contribution is -2.49. The van der Waals surface area contributed by atoms with E-state index < -0.39 is 9.84 Å². The van der Waals surface area contributed by atoms with Crippen molar-refractivity contribution < 1.29 is 8.42 Å². The van der Waals surface area contributed by atoms with E-state index in [1.165, 1.54) is 0 Å². The first-order valence-corrected chi connectivity index (χ1v) is 15.0. The molecule has 6 nitrogen and oxygen atoms in total. The minimum atomic E-state index is -3.08. The van der Waals surface area contributed by atoms with Gasteiger partial charge in [-0.15, -0.1) is 0 Å². The third-order valence-corrected chi connectivity index (χ3v) is 9.65. The lowest BCUT2D eigenvalue weighted by Gasteiger charge is -2.36. The van der Waals surface area contributed by atoms with Gasteiger partial charge >= 0.3 is 0 Å². The Morgan fingerprint density at radius 1 is 0.657 bits per heavy atom. The van der Waals surface area contributed by atoms with Crippen molar-refractivity contribution in [1.82, 2.24) is 9.80 Å². The van der Waals surface area contributed by atoms with Crippen LogP contribution in [0.2, 0.25) is 10.0 Å². The van der Waals surface area contributed by atoms with Gasteiger partial charge in [0.05, 0.1) is 11.5 Å². The monoisotopic (exact) mass is 538 g/mol. The van der Waals surface area contributed by atoms with Crippen LogP contribution in [0.3, 0.4) is 0 Å². The average molecular weight is 540 g/mol. The molecule has 9 heteroatoms. The average Bonchev–Trinajstić information content (AvgIpc) is 2.86. The molecule has 0 unspecified atom stereocenters. The second kappa shape index (κ2) is 11.7. The van der Waals surface area contributed by atoms with Gasteiger partial charge in [0.1, 0.15) is 0 Å². The number of rotatable bonds is 8. The van der Waals surface area contributed by atoms with E-state index in [-0.39, 0.29) is 11.5 Å². The normalized spacial score (nSPS) is 18.3. The minimum Gasteiger partial charge on any atom is -0.369 e. The molecule has 0 saturated carbocycles. The molecule has 192 valence electrons. The second-order valence-electron chi connectivity index (χ2n) is 9.68. The molecular weight excluding hydrogens is 503 g/mol. The zero-order valence-electron chi connectivity index (χ0n) is 20.7. The quantitative estimate of drug-likeness (QED) is 0.506. The van der Waals surface area contributed by atoms with E-state index in [4.69, 9.17) is 23.2 Å². The van der Waals surface area contributed by atoms with Gasteiger partial charge in [0.25, 0.3) is 0 Å².